The lowest BCUT2D eigenvalue weighted by atomic mass is 10.1. The quantitative estimate of drug-likeness (QED) is 0.898. The van der Waals surface area contributed by atoms with Crippen LogP contribution in [0.5, 0.6) is 0 Å². The number of benzene rings is 2. The van der Waals surface area contributed by atoms with Crippen molar-refractivity contribution in [2.75, 3.05) is 0 Å². The Morgan fingerprint density at radius 3 is 2.68 bits per heavy atom. The van der Waals surface area contributed by atoms with Gasteiger partial charge in [0.1, 0.15) is 0 Å². The van der Waals surface area contributed by atoms with E-state index in [9.17, 15) is 4.79 Å². The highest BCUT2D eigenvalue weighted by atomic mass is 79.9. The van der Waals surface area contributed by atoms with Crippen LogP contribution in [0.3, 0.4) is 0 Å². The molecule has 98 valence electrons. The first-order valence-corrected chi connectivity index (χ1v) is 7.07. The lowest BCUT2D eigenvalue weighted by molar-refractivity contribution is -0.120. The highest BCUT2D eigenvalue weighted by Crippen LogP contribution is 2.15. The Morgan fingerprint density at radius 1 is 1.16 bits per heavy atom. The summed E-state index contributed by atoms with van der Waals surface area (Å²) in [6.45, 7) is 0.515. The molecular formula is C15H13BrClNO. The molecule has 0 spiro atoms. The fourth-order valence-corrected chi connectivity index (χ4v) is 2.37. The number of carbonyl (C=O) groups is 1. The third-order valence-corrected chi connectivity index (χ3v) is 3.70. The van der Waals surface area contributed by atoms with Gasteiger partial charge in [-0.1, -0.05) is 57.9 Å². The van der Waals surface area contributed by atoms with Crippen LogP contribution in [-0.2, 0) is 17.8 Å². The summed E-state index contributed by atoms with van der Waals surface area (Å²) in [6, 6.07) is 15.2. The molecule has 2 nitrogen and oxygen atoms in total. The van der Waals surface area contributed by atoms with E-state index >= 15 is 0 Å². The minimum Gasteiger partial charge on any atom is -0.352 e. The van der Waals surface area contributed by atoms with Crippen LogP contribution < -0.4 is 5.32 Å². The Morgan fingerprint density at radius 2 is 1.95 bits per heavy atom. The molecule has 0 aromatic heterocycles. The molecule has 0 radical (unpaired) electrons. The van der Waals surface area contributed by atoms with Gasteiger partial charge in [-0.25, -0.2) is 0 Å². The van der Waals surface area contributed by atoms with Crippen LogP contribution >= 0.6 is 27.5 Å². The molecule has 1 amide bonds. The smallest absolute Gasteiger partial charge is 0.224 e. The van der Waals surface area contributed by atoms with E-state index in [2.05, 4.69) is 21.2 Å². The topological polar surface area (TPSA) is 29.1 Å². The van der Waals surface area contributed by atoms with E-state index in [0.29, 0.717) is 18.0 Å². The van der Waals surface area contributed by atoms with Gasteiger partial charge in [-0.15, -0.1) is 0 Å². The summed E-state index contributed by atoms with van der Waals surface area (Å²) < 4.78 is 0.998. The van der Waals surface area contributed by atoms with E-state index in [4.69, 9.17) is 11.6 Å². The molecule has 0 aliphatic rings. The molecule has 0 atom stereocenters. The molecule has 2 aromatic rings. The van der Waals surface area contributed by atoms with Crippen LogP contribution in [0, 0.1) is 0 Å². The second-order valence-corrected chi connectivity index (χ2v) is 5.47. The molecule has 0 saturated carbocycles. The van der Waals surface area contributed by atoms with Crippen LogP contribution in [0.2, 0.25) is 5.02 Å². The number of amides is 1. The number of halogens is 2. The molecule has 0 bridgehead atoms. The van der Waals surface area contributed by atoms with Crippen molar-refractivity contribution in [1.82, 2.24) is 5.32 Å². The van der Waals surface area contributed by atoms with Crippen LogP contribution in [-0.4, -0.2) is 5.91 Å². The van der Waals surface area contributed by atoms with Crippen molar-refractivity contribution >= 4 is 33.4 Å². The highest BCUT2D eigenvalue weighted by molar-refractivity contribution is 9.10. The van der Waals surface area contributed by atoms with Gasteiger partial charge in [0.2, 0.25) is 5.91 Å². The highest BCUT2D eigenvalue weighted by Gasteiger charge is 2.05. The lowest BCUT2D eigenvalue weighted by Gasteiger charge is -2.07. The maximum absolute atomic E-state index is 11.8. The number of rotatable bonds is 4. The molecule has 2 rings (SSSR count). The second-order valence-electron chi connectivity index (χ2n) is 4.17. The summed E-state index contributed by atoms with van der Waals surface area (Å²) in [6.07, 6.45) is 0.338. The van der Waals surface area contributed by atoms with E-state index in [-0.39, 0.29) is 5.91 Å². The van der Waals surface area contributed by atoms with Crippen molar-refractivity contribution in [2.45, 2.75) is 13.0 Å². The van der Waals surface area contributed by atoms with Crippen molar-refractivity contribution in [2.24, 2.45) is 0 Å². The van der Waals surface area contributed by atoms with Crippen LogP contribution in [0.25, 0.3) is 0 Å². The van der Waals surface area contributed by atoms with Crippen molar-refractivity contribution in [1.29, 1.82) is 0 Å². The fraction of sp³-hybridized carbons (Fsp3) is 0.133. The average Bonchev–Trinajstić information content (AvgIpc) is 2.38. The predicted octanol–water partition coefficient (Wildman–Crippen LogP) is 3.96. The lowest BCUT2D eigenvalue weighted by Crippen LogP contribution is -2.24. The van der Waals surface area contributed by atoms with Crippen LogP contribution in [0.1, 0.15) is 11.1 Å². The van der Waals surface area contributed by atoms with Crippen molar-refractivity contribution in [3.63, 3.8) is 0 Å². The third kappa shape index (κ3) is 4.37. The largest absolute Gasteiger partial charge is 0.352 e. The minimum atomic E-state index is -0.0157. The van der Waals surface area contributed by atoms with Gasteiger partial charge in [0.15, 0.2) is 0 Å². The Labute approximate surface area is 125 Å². The maximum atomic E-state index is 11.8. The van der Waals surface area contributed by atoms with Gasteiger partial charge in [-0.05, 0) is 29.3 Å². The first-order chi connectivity index (χ1) is 9.15. The maximum Gasteiger partial charge on any atom is 0.224 e. The fourth-order valence-electron chi connectivity index (χ4n) is 1.73. The summed E-state index contributed by atoms with van der Waals surface area (Å²) in [7, 11) is 0. The molecule has 19 heavy (non-hydrogen) atoms. The van der Waals surface area contributed by atoms with Gasteiger partial charge in [0.05, 0.1) is 6.42 Å². The van der Waals surface area contributed by atoms with Gasteiger partial charge in [-0.3, -0.25) is 4.79 Å². The Kier molecular flexibility index (Phi) is 5.00. The van der Waals surface area contributed by atoms with Gasteiger partial charge in [-0.2, -0.15) is 0 Å². The summed E-state index contributed by atoms with van der Waals surface area (Å²) in [4.78, 5) is 11.8. The Hall–Kier alpha value is -1.32. The molecule has 0 fully saturated rings. The average molecular weight is 339 g/mol. The molecule has 4 heteroatoms. The first kappa shape index (κ1) is 14.1. The molecule has 0 unspecified atom stereocenters. The summed E-state index contributed by atoms with van der Waals surface area (Å²) in [5, 5.41) is 3.54. The predicted molar refractivity (Wildman–Crippen MR) is 81.1 cm³/mol. The molecule has 0 aliphatic carbocycles. The molecule has 0 heterocycles. The summed E-state index contributed by atoms with van der Waals surface area (Å²) >= 11 is 9.34. The van der Waals surface area contributed by atoms with Crippen LogP contribution in [0.4, 0.5) is 0 Å². The van der Waals surface area contributed by atoms with E-state index < -0.39 is 0 Å². The molecule has 1 N–H and O–H groups in total. The monoisotopic (exact) mass is 337 g/mol. The third-order valence-electron chi connectivity index (χ3n) is 2.69. The van der Waals surface area contributed by atoms with E-state index in [1.54, 1.807) is 12.1 Å². The molecule has 2 aromatic carbocycles. The standard InChI is InChI=1S/C15H13BrClNO/c16-14-7-2-1-5-12(14)10-18-15(19)9-11-4-3-6-13(17)8-11/h1-8H,9-10H2,(H,18,19). The van der Waals surface area contributed by atoms with Crippen molar-refractivity contribution in [3.05, 3.63) is 69.2 Å². The Balaban J connectivity index is 1.90. The van der Waals surface area contributed by atoms with E-state index in [1.807, 2.05) is 36.4 Å². The molecule has 0 saturated heterocycles. The Bertz CT molecular complexity index is 586. The number of hydrogen-bond acceptors (Lipinski definition) is 1. The van der Waals surface area contributed by atoms with Crippen molar-refractivity contribution < 1.29 is 4.79 Å². The number of carbonyl (C=O) groups excluding carboxylic acids is 1. The zero-order valence-electron chi connectivity index (χ0n) is 10.2. The van der Waals surface area contributed by atoms with Gasteiger partial charge >= 0.3 is 0 Å². The van der Waals surface area contributed by atoms with Gasteiger partial charge in [0, 0.05) is 16.0 Å². The second kappa shape index (κ2) is 6.73. The molecular weight excluding hydrogens is 326 g/mol. The summed E-state index contributed by atoms with van der Waals surface area (Å²) in [5.41, 5.74) is 1.97. The van der Waals surface area contributed by atoms with E-state index in [1.165, 1.54) is 0 Å². The summed E-state index contributed by atoms with van der Waals surface area (Å²) in [5.74, 6) is -0.0157. The van der Waals surface area contributed by atoms with Gasteiger partial charge in [0.25, 0.3) is 0 Å². The SMILES string of the molecule is O=C(Cc1cccc(Cl)c1)NCc1ccccc1Br. The first-order valence-electron chi connectivity index (χ1n) is 5.90. The van der Waals surface area contributed by atoms with Crippen LogP contribution in [0.15, 0.2) is 53.0 Å². The zero-order valence-corrected chi connectivity index (χ0v) is 12.5. The zero-order chi connectivity index (χ0) is 13.7. The number of hydrogen-bond donors (Lipinski definition) is 1. The molecule has 0 aliphatic heterocycles. The minimum absolute atomic E-state index is 0.0157. The normalized spacial score (nSPS) is 10.2. The van der Waals surface area contributed by atoms with Crippen molar-refractivity contribution in [3.8, 4) is 0 Å². The van der Waals surface area contributed by atoms with Gasteiger partial charge < -0.3 is 5.32 Å². The number of nitrogens with one attached hydrogen (secondary N) is 1. The van der Waals surface area contributed by atoms with E-state index in [0.717, 1.165) is 15.6 Å².